The molecule has 1 aromatic carbocycles. The summed E-state index contributed by atoms with van der Waals surface area (Å²) in [6.07, 6.45) is 0.451. The quantitative estimate of drug-likeness (QED) is 0.890. The zero-order valence-corrected chi connectivity index (χ0v) is 10.3. The van der Waals surface area contributed by atoms with Crippen molar-refractivity contribution in [2.24, 2.45) is 0 Å². The van der Waals surface area contributed by atoms with E-state index in [1.807, 2.05) is 6.07 Å². The number of benzene rings is 1. The van der Waals surface area contributed by atoms with Crippen LogP contribution in [-0.2, 0) is 4.79 Å². The van der Waals surface area contributed by atoms with Crippen molar-refractivity contribution in [1.82, 2.24) is 0 Å². The number of halogens is 1. The summed E-state index contributed by atoms with van der Waals surface area (Å²) >= 11 is 3.25. The first kappa shape index (κ1) is 12.5. The molecule has 4 nitrogen and oxygen atoms in total. The van der Waals surface area contributed by atoms with E-state index in [9.17, 15) is 4.79 Å². The summed E-state index contributed by atoms with van der Waals surface area (Å²) < 4.78 is 0.653. The number of aliphatic carboxylic acids is 1. The molecule has 0 saturated heterocycles. The molecule has 0 aliphatic carbocycles. The second kappa shape index (κ2) is 5.52. The Balaban J connectivity index is 3.02. The van der Waals surface area contributed by atoms with Crippen molar-refractivity contribution >= 4 is 27.6 Å². The Kier molecular flexibility index (Phi) is 4.32. The number of anilines is 1. The van der Waals surface area contributed by atoms with Crippen LogP contribution in [0, 0.1) is 11.3 Å². The van der Waals surface area contributed by atoms with Crippen LogP contribution in [0.1, 0.15) is 18.9 Å². The average Bonchev–Trinajstić information content (AvgIpc) is 2.25. The third-order valence-corrected chi connectivity index (χ3v) is 2.82. The summed E-state index contributed by atoms with van der Waals surface area (Å²) in [6.45, 7) is 1.77. The number of nitriles is 1. The molecule has 0 aromatic heterocycles. The molecule has 1 aromatic rings. The zero-order valence-electron chi connectivity index (χ0n) is 8.70. The van der Waals surface area contributed by atoms with Crippen LogP contribution in [0.25, 0.3) is 0 Å². The fraction of sp³-hybridized carbons (Fsp3) is 0.273. The van der Waals surface area contributed by atoms with E-state index < -0.39 is 12.0 Å². The van der Waals surface area contributed by atoms with Gasteiger partial charge in [0.25, 0.3) is 0 Å². The molecule has 1 atom stereocenters. The second-order valence-corrected chi connectivity index (χ2v) is 4.07. The highest BCUT2D eigenvalue weighted by Gasteiger charge is 2.16. The average molecular weight is 283 g/mol. The standard InChI is InChI=1S/C11H11BrN2O2/c1-2-9(11(15)16)14-10-5-3-4-8(12)7(10)6-13/h3-5,9,14H,2H2,1H3,(H,15,16). The van der Waals surface area contributed by atoms with E-state index in [0.29, 0.717) is 22.1 Å². The molecule has 1 rings (SSSR count). The lowest BCUT2D eigenvalue weighted by molar-refractivity contribution is -0.137. The molecule has 0 aliphatic heterocycles. The molecule has 5 heteroatoms. The van der Waals surface area contributed by atoms with E-state index in [0.717, 1.165) is 0 Å². The lowest BCUT2D eigenvalue weighted by atomic mass is 10.1. The molecule has 16 heavy (non-hydrogen) atoms. The van der Waals surface area contributed by atoms with Crippen molar-refractivity contribution in [3.05, 3.63) is 28.2 Å². The largest absolute Gasteiger partial charge is 0.480 e. The van der Waals surface area contributed by atoms with Gasteiger partial charge in [0.2, 0.25) is 0 Å². The van der Waals surface area contributed by atoms with Gasteiger partial charge in [-0.1, -0.05) is 13.0 Å². The van der Waals surface area contributed by atoms with Gasteiger partial charge < -0.3 is 10.4 Å². The van der Waals surface area contributed by atoms with E-state index in [1.165, 1.54) is 0 Å². The molecule has 0 amide bonds. The van der Waals surface area contributed by atoms with Gasteiger partial charge in [-0.2, -0.15) is 5.26 Å². The highest BCUT2D eigenvalue weighted by Crippen LogP contribution is 2.24. The Morgan fingerprint density at radius 2 is 2.38 bits per heavy atom. The number of hydrogen-bond donors (Lipinski definition) is 2. The van der Waals surface area contributed by atoms with Gasteiger partial charge in [0.1, 0.15) is 12.1 Å². The molecule has 0 radical (unpaired) electrons. The number of carbonyl (C=O) groups is 1. The van der Waals surface area contributed by atoms with Gasteiger partial charge >= 0.3 is 5.97 Å². The first-order chi connectivity index (χ1) is 7.60. The van der Waals surface area contributed by atoms with Crippen molar-refractivity contribution in [1.29, 1.82) is 5.26 Å². The maximum Gasteiger partial charge on any atom is 0.326 e. The molecule has 0 fully saturated rings. The van der Waals surface area contributed by atoms with Crippen molar-refractivity contribution in [3.63, 3.8) is 0 Å². The number of rotatable bonds is 4. The third-order valence-electron chi connectivity index (χ3n) is 2.16. The molecule has 0 spiro atoms. The van der Waals surface area contributed by atoms with Gasteiger partial charge in [-0.3, -0.25) is 0 Å². The molecule has 0 saturated carbocycles. The monoisotopic (exact) mass is 282 g/mol. The van der Waals surface area contributed by atoms with Crippen LogP contribution in [0.15, 0.2) is 22.7 Å². The van der Waals surface area contributed by atoms with Crippen LogP contribution in [0.2, 0.25) is 0 Å². The molecule has 0 heterocycles. The number of carboxylic acid groups (broad SMARTS) is 1. The van der Waals surface area contributed by atoms with E-state index in [-0.39, 0.29) is 0 Å². The topological polar surface area (TPSA) is 73.1 Å². The minimum absolute atomic E-state index is 0.419. The van der Waals surface area contributed by atoms with Crippen LogP contribution in [0.4, 0.5) is 5.69 Å². The first-order valence-corrected chi connectivity index (χ1v) is 5.57. The summed E-state index contributed by atoms with van der Waals surface area (Å²) in [4.78, 5) is 10.9. The zero-order chi connectivity index (χ0) is 12.1. The van der Waals surface area contributed by atoms with Crippen LogP contribution >= 0.6 is 15.9 Å². The molecule has 2 N–H and O–H groups in total. The second-order valence-electron chi connectivity index (χ2n) is 3.22. The highest BCUT2D eigenvalue weighted by molar-refractivity contribution is 9.10. The predicted octanol–water partition coefficient (Wildman–Crippen LogP) is 2.60. The predicted molar refractivity (Wildman–Crippen MR) is 64.2 cm³/mol. The SMILES string of the molecule is CCC(Nc1cccc(Br)c1C#N)C(=O)O. The highest BCUT2D eigenvalue weighted by atomic mass is 79.9. The van der Waals surface area contributed by atoms with Gasteiger partial charge in [0, 0.05) is 4.47 Å². The Labute approximate surface area is 102 Å². The van der Waals surface area contributed by atoms with Crippen molar-refractivity contribution < 1.29 is 9.90 Å². The number of carboxylic acids is 1. The molecule has 1 unspecified atom stereocenters. The number of hydrogen-bond acceptors (Lipinski definition) is 3. The van der Waals surface area contributed by atoms with Crippen LogP contribution < -0.4 is 5.32 Å². The van der Waals surface area contributed by atoms with E-state index in [2.05, 4.69) is 21.2 Å². The normalized spacial score (nSPS) is 11.6. The summed E-state index contributed by atoms with van der Waals surface area (Å²) in [6, 6.07) is 6.53. The number of nitrogens with zero attached hydrogens (tertiary/aromatic N) is 1. The van der Waals surface area contributed by atoms with E-state index in [4.69, 9.17) is 10.4 Å². The molecule has 0 bridgehead atoms. The number of nitrogens with one attached hydrogen (secondary N) is 1. The van der Waals surface area contributed by atoms with Gasteiger partial charge in [-0.15, -0.1) is 0 Å². The van der Waals surface area contributed by atoms with Crippen LogP contribution in [-0.4, -0.2) is 17.1 Å². The maximum atomic E-state index is 10.9. The van der Waals surface area contributed by atoms with Crippen molar-refractivity contribution in [2.75, 3.05) is 5.32 Å². The van der Waals surface area contributed by atoms with Gasteiger partial charge in [0.15, 0.2) is 0 Å². The van der Waals surface area contributed by atoms with Crippen LogP contribution in [0.5, 0.6) is 0 Å². The van der Waals surface area contributed by atoms with Gasteiger partial charge in [0.05, 0.1) is 11.3 Å². The molecule has 0 aliphatic rings. The van der Waals surface area contributed by atoms with Crippen molar-refractivity contribution in [2.45, 2.75) is 19.4 Å². The van der Waals surface area contributed by atoms with Crippen LogP contribution in [0.3, 0.4) is 0 Å². The fourth-order valence-corrected chi connectivity index (χ4v) is 1.74. The summed E-state index contributed by atoms with van der Waals surface area (Å²) in [7, 11) is 0. The smallest absolute Gasteiger partial charge is 0.326 e. The fourth-order valence-electron chi connectivity index (χ4n) is 1.28. The molecular formula is C11H11BrN2O2. The van der Waals surface area contributed by atoms with Gasteiger partial charge in [-0.25, -0.2) is 4.79 Å². The van der Waals surface area contributed by atoms with E-state index >= 15 is 0 Å². The molecular weight excluding hydrogens is 272 g/mol. The molecule has 84 valence electrons. The minimum Gasteiger partial charge on any atom is -0.480 e. The lowest BCUT2D eigenvalue weighted by Gasteiger charge is -2.15. The Morgan fingerprint density at radius 3 is 2.88 bits per heavy atom. The third kappa shape index (κ3) is 2.74. The summed E-state index contributed by atoms with van der Waals surface area (Å²) in [5, 5.41) is 20.7. The lowest BCUT2D eigenvalue weighted by Crippen LogP contribution is -2.28. The Morgan fingerprint density at radius 1 is 1.69 bits per heavy atom. The first-order valence-electron chi connectivity index (χ1n) is 4.78. The van der Waals surface area contributed by atoms with Gasteiger partial charge in [-0.05, 0) is 34.5 Å². The maximum absolute atomic E-state index is 10.9. The Hall–Kier alpha value is -1.54. The summed E-state index contributed by atoms with van der Waals surface area (Å²) in [5.74, 6) is -0.925. The van der Waals surface area contributed by atoms with E-state index in [1.54, 1.807) is 25.1 Å². The Bertz CT molecular complexity index is 440. The summed E-state index contributed by atoms with van der Waals surface area (Å²) in [5.41, 5.74) is 0.952. The van der Waals surface area contributed by atoms with Crippen molar-refractivity contribution in [3.8, 4) is 6.07 Å². The minimum atomic E-state index is -0.925.